The van der Waals surface area contributed by atoms with Gasteiger partial charge in [-0.05, 0) is 114 Å². The summed E-state index contributed by atoms with van der Waals surface area (Å²) >= 11 is 0. The summed E-state index contributed by atoms with van der Waals surface area (Å²) in [7, 11) is 0. The van der Waals surface area contributed by atoms with Crippen LogP contribution >= 0.6 is 0 Å². The minimum atomic E-state index is 0.0910. The smallest absolute Gasteiger partial charge is 0.0380 e. The maximum atomic E-state index is 4.25. The van der Waals surface area contributed by atoms with Crippen LogP contribution in [0.4, 0.5) is 0 Å². The molecule has 0 fully saturated rings. The Morgan fingerprint density at radius 1 is 0.936 bits per heavy atom. The Morgan fingerprint density at radius 2 is 1.66 bits per heavy atom. The van der Waals surface area contributed by atoms with Gasteiger partial charge in [-0.2, -0.15) is 0 Å². The number of hydrogen-bond acceptors (Lipinski definition) is 0. The quantitative estimate of drug-likeness (QED) is 0.139. The Morgan fingerprint density at radius 3 is 2.21 bits per heavy atom. The standard InChI is InChI=1S/C45H51.C2H6/c1-8-36(28-32(3)4)44(38-23-21-35(22-24-38)30-40-26-27-45(40,6)7)43-29-33(5)39(25-20-34-16-12-10-13-17-34)31-42(43)41(9-2)37-18-14-11-15-19-37;1-2/h9-19,21-24,26,29,31-32,37,44H,1,20,25,27-28,30H2,2-7H3;1-2H3/b41-9+;. The van der Waals surface area contributed by atoms with Gasteiger partial charge >= 0.3 is 0 Å². The fraction of sp³-hybridized carbons (Fsp3) is 0.362. The van der Waals surface area contributed by atoms with Gasteiger partial charge in [0.15, 0.2) is 0 Å². The predicted molar refractivity (Wildman–Crippen MR) is 207 cm³/mol. The third-order valence-corrected chi connectivity index (χ3v) is 9.82. The molecule has 0 saturated carbocycles. The molecule has 3 aromatic carbocycles. The molecule has 5 rings (SSSR count). The monoisotopic (exact) mass is 621 g/mol. The number of benzene rings is 3. The predicted octanol–water partition coefficient (Wildman–Crippen LogP) is 12.9. The highest BCUT2D eigenvalue weighted by molar-refractivity contribution is 5.75. The summed E-state index contributed by atoms with van der Waals surface area (Å²) in [5.74, 6) is 0.847. The molecule has 0 heterocycles. The molecule has 0 spiro atoms. The Labute approximate surface area is 287 Å². The number of aryl methyl sites for hydroxylation is 3. The summed E-state index contributed by atoms with van der Waals surface area (Å²) in [5, 5.41) is 0. The van der Waals surface area contributed by atoms with Gasteiger partial charge in [-0.3, -0.25) is 0 Å². The zero-order valence-electron chi connectivity index (χ0n) is 30.4. The van der Waals surface area contributed by atoms with Gasteiger partial charge in [0, 0.05) is 11.8 Å². The lowest BCUT2D eigenvalue weighted by atomic mass is 9.69. The van der Waals surface area contributed by atoms with Crippen LogP contribution in [0.3, 0.4) is 0 Å². The molecule has 0 amide bonds. The second kappa shape index (κ2) is 16.8. The van der Waals surface area contributed by atoms with Gasteiger partial charge < -0.3 is 0 Å². The fourth-order valence-corrected chi connectivity index (χ4v) is 7.00. The minimum absolute atomic E-state index is 0.0910. The van der Waals surface area contributed by atoms with Crippen molar-refractivity contribution in [3.8, 4) is 0 Å². The summed E-state index contributed by atoms with van der Waals surface area (Å²) in [6, 6.07) is 25.3. The van der Waals surface area contributed by atoms with Crippen molar-refractivity contribution in [2.45, 2.75) is 93.4 Å². The summed E-state index contributed by atoms with van der Waals surface area (Å²) in [5.41, 5.74) is 17.6. The Hall–Kier alpha value is -3.86. The van der Waals surface area contributed by atoms with E-state index in [-0.39, 0.29) is 11.8 Å². The summed E-state index contributed by atoms with van der Waals surface area (Å²) in [4.78, 5) is 0. The van der Waals surface area contributed by atoms with E-state index in [1.54, 1.807) is 5.57 Å². The first-order chi connectivity index (χ1) is 22.7. The molecule has 0 bridgehead atoms. The van der Waals surface area contributed by atoms with Crippen molar-refractivity contribution in [2.75, 3.05) is 0 Å². The zero-order chi connectivity index (χ0) is 34.0. The molecular weight excluding hydrogens is 565 g/mol. The molecule has 2 unspecified atom stereocenters. The highest BCUT2D eigenvalue weighted by atomic mass is 14.3. The second-order valence-electron chi connectivity index (χ2n) is 14.1. The summed E-state index contributed by atoms with van der Waals surface area (Å²) < 4.78 is 0. The van der Waals surface area contributed by atoms with Crippen LogP contribution < -0.4 is 0 Å². The Bertz CT molecular complexity index is 1640. The van der Waals surface area contributed by atoms with E-state index in [0.29, 0.717) is 11.3 Å². The summed E-state index contributed by atoms with van der Waals surface area (Å²) in [6.45, 7) is 22.1. The zero-order valence-corrected chi connectivity index (χ0v) is 30.4. The van der Waals surface area contributed by atoms with Crippen molar-refractivity contribution in [1.82, 2.24) is 0 Å². The van der Waals surface area contributed by atoms with E-state index in [1.165, 1.54) is 56.5 Å². The van der Waals surface area contributed by atoms with Crippen molar-refractivity contribution < 1.29 is 0 Å². The molecule has 245 valence electrons. The number of rotatable bonds is 12. The molecule has 0 N–H and O–H groups in total. The van der Waals surface area contributed by atoms with Crippen LogP contribution in [-0.2, 0) is 19.3 Å². The van der Waals surface area contributed by atoms with E-state index in [9.17, 15) is 0 Å². The number of allylic oxidation sites excluding steroid dienone is 9. The Kier molecular flexibility index (Phi) is 12.9. The molecule has 2 aliphatic rings. The minimum Gasteiger partial charge on any atom is -0.129 e. The highest BCUT2D eigenvalue weighted by Crippen LogP contribution is 2.44. The molecule has 2 aliphatic carbocycles. The van der Waals surface area contributed by atoms with Crippen LogP contribution in [-0.4, -0.2) is 0 Å². The van der Waals surface area contributed by atoms with E-state index in [2.05, 4.69) is 163 Å². The maximum Gasteiger partial charge on any atom is 0.0380 e. The van der Waals surface area contributed by atoms with Crippen LogP contribution in [0, 0.1) is 30.6 Å². The van der Waals surface area contributed by atoms with E-state index < -0.39 is 0 Å². The van der Waals surface area contributed by atoms with Crippen LogP contribution in [0.25, 0.3) is 5.57 Å². The van der Waals surface area contributed by atoms with Crippen LogP contribution in [0.1, 0.15) is 106 Å². The number of hydrogen-bond donors (Lipinski definition) is 0. The van der Waals surface area contributed by atoms with Crippen LogP contribution in [0.2, 0.25) is 0 Å². The van der Waals surface area contributed by atoms with E-state index in [1.807, 2.05) is 13.8 Å². The van der Waals surface area contributed by atoms with Gasteiger partial charge in [0.1, 0.15) is 0 Å². The molecule has 0 aromatic heterocycles. The average Bonchev–Trinajstić information content (AvgIpc) is 3.09. The Balaban J connectivity index is 0.00000245. The van der Waals surface area contributed by atoms with Gasteiger partial charge in [-0.1, -0.05) is 157 Å². The van der Waals surface area contributed by atoms with E-state index in [0.717, 1.165) is 25.7 Å². The first-order valence-corrected chi connectivity index (χ1v) is 17.9. The lowest BCUT2D eigenvalue weighted by molar-refractivity contribution is 0.391. The molecule has 0 saturated heterocycles. The third kappa shape index (κ3) is 8.94. The molecule has 2 atom stereocenters. The molecular formula is C47H57. The first kappa shape index (κ1) is 36.0. The molecule has 0 heteroatoms. The molecule has 0 nitrogen and oxygen atoms in total. The van der Waals surface area contributed by atoms with Gasteiger partial charge in [0.25, 0.3) is 0 Å². The second-order valence-corrected chi connectivity index (χ2v) is 14.1. The van der Waals surface area contributed by atoms with Gasteiger partial charge in [-0.25, -0.2) is 0 Å². The summed E-state index contributed by atoms with van der Waals surface area (Å²) in [6.07, 6.45) is 21.1. The lowest BCUT2D eigenvalue weighted by Crippen LogP contribution is -2.23. The highest BCUT2D eigenvalue weighted by Gasteiger charge is 2.30. The lowest BCUT2D eigenvalue weighted by Gasteiger charge is -2.35. The topological polar surface area (TPSA) is 0 Å². The first-order valence-electron chi connectivity index (χ1n) is 17.9. The van der Waals surface area contributed by atoms with Gasteiger partial charge in [0.05, 0.1) is 0 Å². The van der Waals surface area contributed by atoms with Crippen molar-refractivity contribution in [2.24, 2.45) is 17.3 Å². The van der Waals surface area contributed by atoms with Gasteiger partial charge in [0.2, 0.25) is 0 Å². The fourth-order valence-electron chi connectivity index (χ4n) is 7.00. The van der Waals surface area contributed by atoms with Crippen LogP contribution in [0.5, 0.6) is 0 Å². The van der Waals surface area contributed by atoms with E-state index in [4.69, 9.17) is 0 Å². The SMILES string of the molecule is C=C=C(CC(C)C)C(c1ccc(CC2=CCC2(C)C)cc1)c1cc(C)c(CCc2ccccc2)cc1/C(=C/C)C1[CH]C=CC=C1.CC. The average molecular weight is 622 g/mol. The van der Waals surface area contributed by atoms with E-state index >= 15 is 0 Å². The largest absolute Gasteiger partial charge is 0.129 e. The molecule has 47 heavy (non-hydrogen) atoms. The molecule has 3 aromatic rings. The molecule has 0 aliphatic heterocycles. The van der Waals surface area contributed by atoms with Crippen molar-refractivity contribution >= 4 is 5.57 Å². The van der Waals surface area contributed by atoms with Crippen molar-refractivity contribution in [3.63, 3.8) is 0 Å². The maximum absolute atomic E-state index is 4.25. The third-order valence-electron chi connectivity index (χ3n) is 9.82. The van der Waals surface area contributed by atoms with Crippen molar-refractivity contribution in [1.29, 1.82) is 0 Å². The van der Waals surface area contributed by atoms with Crippen LogP contribution in [0.15, 0.2) is 127 Å². The molecule has 1 radical (unpaired) electrons. The van der Waals surface area contributed by atoms with Crippen molar-refractivity contribution in [3.05, 3.63) is 172 Å². The van der Waals surface area contributed by atoms with Gasteiger partial charge in [-0.15, -0.1) is 5.73 Å². The normalized spacial score (nSPS) is 17.3.